The molecule has 7 nitrogen and oxygen atoms in total. The number of rotatable bonds is 6. The summed E-state index contributed by atoms with van der Waals surface area (Å²) >= 11 is 0. The number of fused-ring (bicyclic) bond motifs is 1. The van der Waals surface area contributed by atoms with Gasteiger partial charge in [-0.2, -0.15) is 0 Å². The van der Waals surface area contributed by atoms with Crippen LogP contribution >= 0.6 is 0 Å². The van der Waals surface area contributed by atoms with E-state index in [0.29, 0.717) is 23.7 Å². The molecular formula is C19H23N3O4. The largest absolute Gasteiger partial charge is 0.482 e. The van der Waals surface area contributed by atoms with Crippen LogP contribution in [0.25, 0.3) is 0 Å². The van der Waals surface area contributed by atoms with Crippen LogP contribution in [-0.2, 0) is 11.3 Å². The molecule has 2 aromatic rings. The summed E-state index contributed by atoms with van der Waals surface area (Å²) in [5, 5.41) is 2.80. The average molecular weight is 357 g/mol. The van der Waals surface area contributed by atoms with Crippen molar-refractivity contribution in [2.75, 3.05) is 38.7 Å². The van der Waals surface area contributed by atoms with Crippen molar-refractivity contribution < 1.29 is 18.7 Å². The minimum atomic E-state index is -0.262. The van der Waals surface area contributed by atoms with Crippen LogP contribution in [0.1, 0.15) is 21.9 Å². The molecule has 138 valence electrons. The Kier molecular flexibility index (Phi) is 5.27. The number of hydrogen-bond acceptors (Lipinski definition) is 5. The van der Waals surface area contributed by atoms with E-state index in [9.17, 15) is 9.59 Å². The molecule has 0 unspecified atom stereocenters. The normalized spacial score (nSPS) is 13.5. The molecule has 1 aromatic heterocycles. The number of carbonyl (C=O) groups is 2. The Balaban J connectivity index is 1.69. The van der Waals surface area contributed by atoms with Crippen LogP contribution in [0.15, 0.2) is 34.7 Å². The topological polar surface area (TPSA) is 75.0 Å². The molecule has 0 fully saturated rings. The minimum Gasteiger partial charge on any atom is -0.482 e. The van der Waals surface area contributed by atoms with Gasteiger partial charge in [0.05, 0.1) is 12.2 Å². The van der Waals surface area contributed by atoms with E-state index in [0.717, 1.165) is 12.1 Å². The lowest BCUT2D eigenvalue weighted by Gasteiger charge is -2.28. The Labute approximate surface area is 152 Å². The first kappa shape index (κ1) is 18.0. The molecule has 2 heterocycles. The molecule has 0 spiro atoms. The van der Waals surface area contributed by atoms with Crippen molar-refractivity contribution in [3.63, 3.8) is 0 Å². The molecule has 2 amide bonds. The Morgan fingerprint density at radius 1 is 1.27 bits per heavy atom. The van der Waals surface area contributed by atoms with Crippen molar-refractivity contribution in [1.29, 1.82) is 0 Å². The highest BCUT2D eigenvalue weighted by Gasteiger charge is 2.26. The third kappa shape index (κ3) is 4.05. The summed E-state index contributed by atoms with van der Waals surface area (Å²) in [5.41, 5.74) is 1.77. The molecule has 3 rings (SSSR count). The number of amides is 2. The fourth-order valence-electron chi connectivity index (χ4n) is 2.71. The number of ether oxygens (including phenoxy) is 1. The van der Waals surface area contributed by atoms with Crippen LogP contribution in [-0.4, -0.2) is 50.5 Å². The van der Waals surface area contributed by atoms with Gasteiger partial charge in [-0.05, 0) is 50.8 Å². The van der Waals surface area contributed by atoms with Crippen LogP contribution in [0.2, 0.25) is 0 Å². The van der Waals surface area contributed by atoms with E-state index in [1.807, 2.05) is 44.1 Å². The average Bonchev–Trinajstić information content (AvgIpc) is 3.06. The molecule has 0 saturated heterocycles. The smallest absolute Gasteiger partial charge is 0.287 e. The molecule has 26 heavy (non-hydrogen) atoms. The maximum absolute atomic E-state index is 12.3. The summed E-state index contributed by atoms with van der Waals surface area (Å²) in [5.74, 6) is 1.06. The van der Waals surface area contributed by atoms with Crippen molar-refractivity contribution in [2.24, 2.45) is 0 Å². The van der Waals surface area contributed by atoms with Gasteiger partial charge in [-0.1, -0.05) is 6.07 Å². The molecule has 1 aromatic carbocycles. The molecular weight excluding hydrogens is 334 g/mol. The lowest BCUT2D eigenvalue weighted by Crippen LogP contribution is -2.38. The Morgan fingerprint density at radius 2 is 2.08 bits per heavy atom. The molecule has 0 bridgehead atoms. The highest BCUT2D eigenvalue weighted by atomic mass is 16.5. The van der Waals surface area contributed by atoms with E-state index >= 15 is 0 Å². The van der Waals surface area contributed by atoms with Crippen LogP contribution in [0.3, 0.4) is 0 Å². The quantitative estimate of drug-likeness (QED) is 0.853. The van der Waals surface area contributed by atoms with E-state index < -0.39 is 0 Å². The van der Waals surface area contributed by atoms with E-state index in [4.69, 9.17) is 9.15 Å². The highest BCUT2D eigenvalue weighted by molar-refractivity contribution is 5.97. The van der Waals surface area contributed by atoms with Gasteiger partial charge in [0.25, 0.3) is 11.8 Å². The molecule has 1 aliphatic heterocycles. The standard InChI is InChI=1S/C19H23N3O4/c1-13-4-6-15-17(10-13)25-12-18(23)22(15)11-14-5-7-16(26-14)19(24)20-8-9-21(2)3/h4-7,10H,8-9,11-12H2,1-3H3,(H,20,24). The van der Waals surface area contributed by atoms with Gasteiger partial charge < -0.3 is 19.4 Å². The van der Waals surface area contributed by atoms with Gasteiger partial charge in [-0.25, -0.2) is 0 Å². The maximum atomic E-state index is 12.3. The van der Waals surface area contributed by atoms with Gasteiger partial charge in [-0.3, -0.25) is 14.5 Å². The molecule has 1 aliphatic rings. The lowest BCUT2D eigenvalue weighted by atomic mass is 10.1. The first-order chi connectivity index (χ1) is 12.4. The van der Waals surface area contributed by atoms with E-state index in [-0.39, 0.29) is 30.7 Å². The number of likely N-dealkylation sites (N-methyl/N-ethyl adjacent to an activating group) is 1. The third-order valence-corrected chi connectivity index (χ3v) is 4.10. The third-order valence-electron chi connectivity index (χ3n) is 4.10. The zero-order valence-electron chi connectivity index (χ0n) is 15.2. The predicted octanol–water partition coefficient (Wildman–Crippen LogP) is 1.81. The molecule has 1 N–H and O–H groups in total. The molecule has 0 saturated carbocycles. The minimum absolute atomic E-state index is 0.00492. The zero-order chi connectivity index (χ0) is 18.7. The Morgan fingerprint density at radius 3 is 2.85 bits per heavy atom. The second kappa shape index (κ2) is 7.61. The number of carbonyl (C=O) groups excluding carboxylic acids is 2. The van der Waals surface area contributed by atoms with Crippen molar-refractivity contribution in [1.82, 2.24) is 10.2 Å². The summed E-state index contributed by atoms with van der Waals surface area (Å²) in [7, 11) is 3.88. The number of furan rings is 1. The second-order valence-electron chi connectivity index (χ2n) is 6.56. The van der Waals surface area contributed by atoms with Crippen LogP contribution in [0.5, 0.6) is 5.75 Å². The second-order valence-corrected chi connectivity index (χ2v) is 6.56. The zero-order valence-corrected chi connectivity index (χ0v) is 15.2. The van der Waals surface area contributed by atoms with Gasteiger partial charge in [0.15, 0.2) is 12.4 Å². The number of anilines is 1. The Bertz CT molecular complexity index is 813. The summed E-state index contributed by atoms with van der Waals surface area (Å²) in [6.45, 7) is 3.50. The summed E-state index contributed by atoms with van der Waals surface area (Å²) in [6, 6.07) is 9.04. The van der Waals surface area contributed by atoms with Crippen molar-refractivity contribution in [2.45, 2.75) is 13.5 Å². The monoisotopic (exact) mass is 357 g/mol. The summed E-state index contributed by atoms with van der Waals surface area (Å²) in [6.07, 6.45) is 0. The van der Waals surface area contributed by atoms with Crippen molar-refractivity contribution in [3.8, 4) is 5.75 Å². The van der Waals surface area contributed by atoms with Crippen molar-refractivity contribution in [3.05, 3.63) is 47.4 Å². The molecule has 0 aliphatic carbocycles. The number of nitrogens with one attached hydrogen (secondary N) is 1. The Hall–Kier alpha value is -2.80. The fraction of sp³-hybridized carbons (Fsp3) is 0.368. The predicted molar refractivity (Wildman–Crippen MR) is 97.5 cm³/mol. The van der Waals surface area contributed by atoms with Gasteiger partial charge >= 0.3 is 0 Å². The van der Waals surface area contributed by atoms with Crippen LogP contribution < -0.4 is 15.0 Å². The van der Waals surface area contributed by atoms with E-state index in [1.54, 1.807) is 17.0 Å². The SMILES string of the molecule is Cc1ccc2c(c1)OCC(=O)N2Cc1ccc(C(=O)NCCN(C)C)o1. The van der Waals surface area contributed by atoms with Gasteiger partial charge in [0.2, 0.25) is 0 Å². The van der Waals surface area contributed by atoms with Crippen molar-refractivity contribution >= 4 is 17.5 Å². The van der Waals surface area contributed by atoms with E-state index in [2.05, 4.69) is 5.32 Å². The van der Waals surface area contributed by atoms with E-state index in [1.165, 1.54) is 0 Å². The number of nitrogens with zero attached hydrogens (tertiary/aromatic N) is 2. The van der Waals surface area contributed by atoms with Crippen LogP contribution in [0.4, 0.5) is 5.69 Å². The van der Waals surface area contributed by atoms with Gasteiger partial charge in [0.1, 0.15) is 11.5 Å². The number of hydrogen-bond donors (Lipinski definition) is 1. The molecule has 0 radical (unpaired) electrons. The van der Waals surface area contributed by atoms with Gasteiger partial charge in [0, 0.05) is 13.1 Å². The highest BCUT2D eigenvalue weighted by Crippen LogP contribution is 2.33. The molecule has 7 heteroatoms. The summed E-state index contributed by atoms with van der Waals surface area (Å²) in [4.78, 5) is 28.0. The van der Waals surface area contributed by atoms with Crippen LogP contribution in [0, 0.1) is 6.92 Å². The number of benzene rings is 1. The number of aryl methyl sites for hydroxylation is 1. The fourth-order valence-corrected chi connectivity index (χ4v) is 2.71. The summed E-state index contributed by atoms with van der Waals surface area (Å²) < 4.78 is 11.1. The van der Waals surface area contributed by atoms with Gasteiger partial charge in [-0.15, -0.1) is 0 Å². The maximum Gasteiger partial charge on any atom is 0.287 e. The molecule has 0 atom stereocenters. The first-order valence-corrected chi connectivity index (χ1v) is 8.49. The lowest BCUT2D eigenvalue weighted by molar-refractivity contribution is -0.121. The first-order valence-electron chi connectivity index (χ1n) is 8.49.